The number of nitrogens with zero attached hydrogens (tertiary/aromatic N) is 3. The number of allylic oxidation sites excluding steroid dienone is 1. The summed E-state index contributed by atoms with van der Waals surface area (Å²) in [6, 6.07) is 8.03. The van der Waals surface area contributed by atoms with Crippen molar-refractivity contribution in [3.8, 4) is 0 Å². The maximum atomic E-state index is 12.5. The molecular weight excluding hydrogens is 524 g/mol. The van der Waals surface area contributed by atoms with Gasteiger partial charge in [-0.15, -0.1) is 28.1 Å². The van der Waals surface area contributed by atoms with Crippen LogP contribution in [0.2, 0.25) is 0 Å². The summed E-state index contributed by atoms with van der Waals surface area (Å²) in [5, 5.41) is 14.3. The molecule has 0 radical (unpaired) electrons. The van der Waals surface area contributed by atoms with Crippen LogP contribution in [0.25, 0.3) is 0 Å². The van der Waals surface area contributed by atoms with Gasteiger partial charge < -0.3 is 9.88 Å². The molecule has 2 heterocycles. The van der Waals surface area contributed by atoms with Crippen LogP contribution in [0.3, 0.4) is 0 Å². The maximum absolute atomic E-state index is 12.5. The zero-order chi connectivity index (χ0) is 20.1. The van der Waals surface area contributed by atoms with Crippen molar-refractivity contribution in [2.45, 2.75) is 25.0 Å². The number of thioether (sulfide) groups is 1. The number of nitrogens with one attached hydrogen (secondary N) is 1. The van der Waals surface area contributed by atoms with E-state index in [1.165, 1.54) is 16.6 Å². The molecule has 9 heteroatoms. The van der Waals surface area contributed by atoms with E-state index < -0.39 is 0 Å². The van der Waals surface area contributed by atoms with Crippen LogP contribution in [-0.4, -0.2) is 26.4 Å². The Kier molecular flexibility index (Phi) is 7.50. The van der Waals surface area contributed by atoms with Gasteiger partial charge in [0.1, 0.15) is 5.82 Å². The minimum Gasteiger partial charge on any atom is -0.323 e. The van der Waals surface area contributed by atoms with Crippen molar-refractivity contribution >= 4 is 66.6 Å². The lowest BCUT2D eigenvalue weighted by molar-refractivity contribution is -0.113. The van der Waals surface area contributed by atoms with E-state index in [1.54, 1.807) is 11.3 Å². The van der Waals surface area contributed by atoms with E-state index in [0.29, 0.717) is 18.1 Å². The van der Waals surface area contributed by atoms with Gasteiger partial charge in [0.05, 0.1) is 11.4 Å². The van der Waals surface area contributed by atoms with Crippen molar-refractivity contribution in [1.29, 1.82) is 0 Å². The molecule has 0 saturated heterocycles. The van der Waals surface area contributed by atoms with Crippen molar-refractivity contribution in [2.24, 2.45) is 0 Å². The molecule has 28 heavy (non-hydrogen) atoms. The van der Waals surface area contributed by atoms with Crippen molar-refractivity contribution < 1.29 is 4.79 Å². The Morgan fingerprint density at radius 1 is 1.36 bits per heavy atom. The highest BCUT2D eigenvalue weighted by Crippen LogP contribution is 2.32. The summed E-state index contributed by atoms with van der Waals surface area (Å²) >= 11 is 10.1. The number of thiophene rings is 1. The highest BCUT2D eigenvalue weighted by atomic mass is 79.9. The molecule has 146 valence electrons. The highest BCUT2D eigenvalue weighted by molar-refractivity contribution is 9.11. The molecule has 0 fully saturated rings. The van der Waals surface area contributed by atoms with Crippen molar-refractivity contribution in [2.75, 3.05) is 11.1 Å². The largest absolute Gasteiger partial charge is 0.323 e. The van der Waals surface area contributed by atoms with E-state index >= 15 is 0 Å². The van der Waals surface area contributed by atoms with Gasteiger partial charge in [-0.2, -0.15) is 0 Å². The number of aromatic nitrogens is 3. The van der Waals surface area contributed by atoms with Crippen LogP contribution in [0.5, 0.6) is 0 Å². The van der Waals surface area contributed by atoms with Gasteiger partial charge in [-0.1, -0.05) is 23.9 Å². The van der Waals surface area contributed by atoms with E-state index in [4.69, 9.17) is 0 Å². The molecule has 3 aromatic rings. The number of amides is 1. The summed E-state index contributed by atoms with van der Waals surface area (Å²) in [5.41, 5.74) is 1.82. The van der Waals surface area contributed by atoms with Crippen LogP contribution in [0.15, 0.2) is 56.4 Å². The molecule has 2 aromatic heterocycles. The lowest BCUT2D eigenvalue weighted by Gasteiger charge is -2.11. The fourth-order valence-corrected chi connectivity index (χ4v) is 5.64. The second-order valence-corrected chi connectivity index (χ2v) is 9.68. The molecule has 5 nitrogen and oxygen atoms in total. The molecule has 0 saturated carbocycles. The van der Waals surface area contributed by atoms with Gasteiger partial charge >= 0.3 is 0 Å². The second-order valence-electron chi connectivity index (χ2n) is 5.99. The molecule has 1 aromatic carbocycles. The molecule has 0 aliphatic carbocycles. The van der Waals surface area contributed by atoms with Gasteiger partial charge in [-0.05, 0) is 67.9 Å². The highest BCUT2D eigenvalue weighted by Gasteiger charge is 2.16. The molecule has 0 spiro atoms. The first kappa shape index (κ1) is 21.3. The number of hydrogen-bond donors (Lipinski definition) is 1. The molecule has 1 N–H and O–H groups in total. The monoisotopic (exact) mass is 540 g/mol. The zero-order valence-electron chi connectivity index (χ0n) is 15.1. The molecule has 0 aliphatic rings. The topological polar surface area (TPSA) is 59.8 Å². The predicted octanol–water partition coefficient (Wildman–Crippen LogP) is 5.68. The second kappa shape index (κ2) is 9.87. The first-order valence-electron chi connectivity index (χ1n) is 8.41. The third kappa shape index (κ3) is 5.34. The number of benzene rings is 1. The minimum absolute atomic E-state index is 0.108. The number of carbonyl (C=O) groups is 1. The molecule has 0 unspecified atom stereocenters. The van der Waals surface area contributed by atoms with Crippen LogP contribution in [0, 0.1) is 6.92 Å². The SMILES string of the molecule is C=CCn1c(Cc2cccs2)nnc1SCC(=O)Nc1c(Br)cc(C)cc1Br. The Balaban J connectivity index is 1.67. The van der Waals surface area contributed by atoms with Crippen molar-refractivity contribution in [3.05, 3.63) is 67.5 Å². The smallest absolute Gasteiger partial charge is 0.234 e. The van der Waals surface area contributed by atoms with Gasteiger partial charge in [-0.3, -0.25) is 4.79 Å². The predicted molar refractivity (Wildman–Crippen MR) is 123 cm³/mol. The van der Waals surface area contributed by atoms with Gasteiger partial charge in [0.25, 0.3) is 0 Å². The van der Waals surface area contributed by atoms with E-state index in [9.17, 15) is 4.79 Å². The van der Waals surface area contributed by atoms with Gasteiger partial charge in [0.15, 0.2) is 5.16 Å². The maximum Gasteiger partial charge on any atom is 0.234 e. The normalized spacial score (nSPS) is 10.8. The lowest BCUT2D eigenvalue weighted by Crippen LogP contribution is -2.15. The summed E-state index contributed by atoms with van der Waals surface area (Å²) in [6.07, 6.45) is 2.53. The number of rotatable bonds is 8. The van der Waals surface area contributed by atoms with Crippen LogP contribution in [-0.2, 0) is 17.8 Å². The summed E-state index contributed by atoms with van der Waals surface area (Å²) in [6.45, 7) is 6.42. The number of aryl methyl sites for hydroxylation is 1. The third-order valence-corrected chi connectivity index (χ3v) is 6.89. The Morgan fingerprint density at radius 2 is 2.11 bits per heavy atom. The van der Waals surface area contributed by atoms with Crippen LogP contribution in [0.1, 0.15) is 16.3 Å². The third-order valence-electron chi connectivity index (χ3n) is 3.80. The summed E-state index contributed by atoms with van der Waals surface area (Å²) in [7, 11) is 0. The molecule has 3 rings (SSSR count). The molecule has 0 atom stereocenters. The van der Waals surface area contributed by atoms with Gasteiger partial charge in [0, 0.05) is 26.8 Å². The summed E-state index contributed by atoms with van der Waals surface area (Å²) in [5.74, 6) is 0.999. The lowest BCUT2D eigenvalue weighted by atomic mass is 10.2. The number of hydrogen-bond acceptors (Lipinski definition) is 5. The Labute approximate surface area is 188 Å². The molecule has 0 bridgehead atoms. The quantitative estimate of drug-likeness (QED) is 0.294. The average Bonchev–Trinajstić information content (AvgIpc) is 3.28. The minimum atomic E-state index is -0.108. The Bertz CT molecular complexity index is 963. The fraction of sp³-hybridized carbons (Fsp3) is 0.211. The van der Waals surface area contributed by atoms with Crippen LogP contribution >= 0.6 is 55.0 Å². The van der Waals surface area contributed by atoms with E-state index in [-0.39, 0.29) is 11.7 Å². The summed E-state index contributed by atoms with van der Waals surface area (Å²) < 4.78 is 3.68. The van der Waals surface area contributed by atoms with E-state index in [1.807, 2.05) is 41.1 Å². The molecule has 1 amide bonds. The fourth-order valence-electron chi connectivity index (χ4n) is 2.56. The molecule has 0 aliphatic heterocycles. The molecular formula is C19H18Br2N4OS2. The Morgan fingerprint density at radius 3 is 2.75 bits per heavy atom. The average molecular weight is 542 g/mol. The van der Waals surface area contributed by atoms with Crippen molar-refractivity contribution in [3.63, 3.8) is 0 Å². The standard InChI is InChI=1S/C19H18Br2N4OS2/c1-3-6-25-16(10-13-5-4-7-27-13)23-24-19(25)28-11-17(26)22-18-14(20)8-12(2)9-15(18)21/h3-5,7-9H,1,6,10-11H2,2H3,(H,22,26). The Hall–Kier alpha value is -1.42. The van der Waals surface area contributed by atoms with Crippen LogP contribution in [0.4, 0.5) is 5.69 Å². The number of anilines is 1. The zero-order valence-corrected chi connectivity index (χ0v) is 19.9. The summed E-state index contributed by atoms with van der Waals surface area (Å²) in [4.78, 5) is 13.7. The first-order chi connectivity index (χ1) is 13.5. The number of halogens is 2. The van der Waals surface area contributed by atoms with E-state index in [2.05, 4.69) is 60.0 Å². The van der Waals surface area contributed by atoms with Crippen LogP contribution < -0.4 is 5.32 Å². The first-order valence-corrected chi connectivity index (χ1v) is 11.9. The van der Waals surface area contributed by atoms with Gasteiger partial charge in [-0.25, -0.2) is 0 Å². The number of carbonyl (C=O) groups excluding carboxylic acids is 1. The van der Waals surface area contributed by atoms with Gasteiger partial charge in [0.2, 0.25) is 5.91 Å². The van der Waals surface area contributed by atoms with E-state index in [0.717, 1.165) is 26.0 Å². The van der Waals surface area contributed by atoms with Crippen molar-refractivity contribution in [1.82, 2.24) is 14.8 Å².